The SMILES string of the molecule is CN1CCN(Cc2cccc(C(=O)c3cccc(CN4CCN(C)CC4)c3C3CCC3)c2C2CCC2)CC1. The highest BCUT2D eigenvalue weighted by Gasteiger charge is 2.32. The third-order valence-corrected chi connectivity index (χ3v) is 9.89. The molecular weight excluding hydrogens is 468 g/mol. The number of hydrogen-bond acceptors (Lipinski definition) is 5. The predicted molar refractivity (Wildman–Crippen MR) is 155 cm³/mol. The first-order valence-corrected chi connectivity index (χ1v) is 15.2. The molecule has 0 bridgehead atoms. The van der Waals surface area contributed by atoms with Gasteiger partial charge in [0.2, 0.25) is 0 Å². The van der Waals surface area contributed by atoms with E-state index in [0.29, 0.717) is 11.8 Å². The zero-order chi connectivity index (χ0) is 26.1. The van der Waals surface area contributed by atoms with Gasteiger partial charge in [0, 0.05) is 76.6 Å². The second-order valence-corrected chi connectivity index (χ2v) is 12.5. The third kappa shape index (κ3) is 5.49. The summed E-state index contributed by atoms with van der Waals surface area (Å²) in [5, 5.41) is 0. The lowest BCUT2D eigenvalue weighted by Gasteiger charge is -2.36. The molecule has 2 saturated carbocycles. The largest absolute Gasteiger partial charge is 0.304 e. The van der Waals surface area contributed by atoms with Crippen molar-refractivity contribution in [2.45, 2.75) is 63.5 Å². The Morgan fingerprint density at radius 2 is 1.03 bits per heavy atom. The lowest BCUT2D eigenvalue weighted by molar-refractivity contribution is 0.103. The number of ketones is 1. The molecule has 2 heterocycles. The number of piperazine rings is 2. The van der Waals surface area contributed by atoms with Crippen LogP contribution >= 0.6 is 0 Å². The fraction of sp³-hybridized carbons (Fsp3) is 0.606. The van der Waals surface area contributed by atoms with Gasteiger partial charge >= 0.3 is 0 Å². The van der Waals surface area contributed by atoms with E-state index < -0.39 is 0 Å². The van der Waals surface area contributed by atoms with Crippen LogP contribution in [-0.2, 0) is 13.1 Å². The van der Waals surface area contributed by atoms with Crippen molar-refractivity contribution >= 4 is 5.78 Å². The van der Waals surface area contributed by atoms with Crippen LogP contribution in [0.5, 0.6) is 0 Å². The van der Waals surface area contributed by atoms with Crippen LogP contribution in [0.3, 0.4) is 0 Å². The molecule has 38 heavy (non-hydrogen) atoms. The Morgan fingerprint density at radius 3 is 1.37 bits per heavy atom. The number of rotatable bonds is 8. The molecule has 204 valence electrons. The first kappa shape index (κ1) is 26.2. The third-order valence-electron chi connectivity index (χ3n) is 9.89. The van der Waals surface area contributed by atoms with E-state index in [1.807, 2.05) is 0 Å². The van der Waals surface area contributed by atoms with Gasteiger partial charge in [-0.2, -0.15) is 0 Å². The Morgan fingerprint density at radius 1 is 0.632 bits per heavy atom. The molecule has 0 unspecified atom stereocenters. The van der Waals surface area contributed by atoms with E-state index in [1.54, 1.807) is 0 Å². The predicted octanol–water partition coefficient (Wildman–Crippen LogP) is 4.95. The standard InChI is InChI=1S/C33H46N4O/c1-34-15-19-36(20-16-34)23-27-11-5-13-29(31(27)25-7-3-8-25)33(38)30-14-6-12-28(32(30)26-9-4-10-26)24-37-21-17-35(2)18-22-37/h5-6,11-14,25-26H,3-4,7-10,15-24H2,1-2H3. The van der Waals surface area contributed by atoms with E-state index in [-0.39, 0.29) is 5.78 Å². The molecule has 6 rings (SSSR count). The fourth-order valence-corrected chi connectivity index (χ4v) is 6.89. The summed E-state index contributed by atoms with van der Waals surface area (Å²) in [5.74, 6) is 1.35. The number of nitrogens with zero attached hydrogens (tertiary/aromatic N) is 4. The summed E-state index contributed by atoms with van der Waals surface area (Å²) in [7, 11) is 4.43. The zero-order valence-electron chi connectivity index (χ0n) is 23.6. The van der Waals surface area contributed by atoms with Crippen molar-refractivity contribution in [1.29, 1.82) is 0 Å². The number of carbonyl (C=O) groups excluding carboxylic acids is 1. The van der Waals surface area contributed by atoms with Crippen molar-refractivity contribution in [2.24, 2.45) is 0 Å². The van der Waals surface area contributed by atoms with Crippen molar-refractivity contribution in [3.63, 3.8) is 0 Å². The van der Waals surface area contributed by atoms with Crippen LogP contribution in [-0.4, -0.2) is 91.8 Å². The Hall–Kier alpha value is -2.05. The summed E-state index contributed by atoms with van der Waals surface area (Å²) >= 11 is 0. The minimum Gasteiger partial charge on any atom is -0.304 e. The van der Waals surface area contributed by atoms with E-state index in [1.165, 1.54) is 60.8 Å². The first-order valence-electron chi connectivity index (χ1n) is 15.2. The van der Waals surface area contributed by atoms with E-state index in [4.69, 9.17) is 0 Å². The molecule has 2 aromatic carbocycles. The summed E-state index contributed by atoms with van der Waals surface area (Å²) in [6.45, 7) is 10.9. The van der Waals surface area contributed by atoms with E-state index in [9.17, 15) is 4.79 Å². The van der Waals surface area contributed by atoms with Gasteiger partial charge in [0.05, 0.1) is 0 Å². The van der Waals surface area contributed by atoms with Crippen LogP contribution in [0.2, 0.25) is 0 Å². The molecule has 0 amide bonds. The monoisotopic (exact) mass is 514 g/mol. The van der Waals surface area contributed by atoms with Gasteiger partial charge in [-0.05, 0) is 73.9 Å². The fourth-order valence-electron chi connectivity index (χ4n) is 6.89. The lowest BCUT2D eigenvalue weighted by atomic mass is 9.72. The quantitative estimate of drug-likeness (QED) is 0.465. The Bertz CT molecular complexity index is 1030. The topological polar surface area (TPSA) is 30.0 Å². The molecule has 2 aromatic rings. The molecule has 0 N–H and O–H groups in total. The van der Waals surface area contributed by atoms with Crippen LogP contribution in [0.15, 0.2) is 36.4 Å². The smallest absolute Gasteiger partial charge is 0.193 e. The van der Waals surface area contributed by atoms with Gasteiger partial charge in [0.1, 0.15) is 0 Å². The molecule has 0 aromatic heterocycles. The molecule has 2 aliphatic carbocycles. The molecule has 4 fully saturated rings. The first-order chi connectivity index (χ1) is 18.6. The molecule has 5 heteroatoms. The number of carbonyl (C=O) groups is 1. The van der Waals surface area contributed by atoms with Crippen LogP contribution in [0.4, 0.5) is 0 Å². The van der Waals surface area contributed by atoms with Crippen molar-refractivity contribution < 1.29 is 4.79 Å². The van der Waals surface area contributed by atoms with Crippen LogP contribution in [0.25, 0.3) is 0 Å². The molecule has 0 spiro atoms. The summed E-state index contributed by atoms with van der Waals surface area (Å²) in [6.07, 6.45) is 7.46. The summed E-state index contributed by atoms with van der Waals surface area (Å²) in [5.41, 5.74) is 7.49. The molecule has 2 saturated heterocycles. The second kappa shape index (κ2) is 11.6. The maximum Gasteiger partial charge on any atom is 0.193 e. The Kier molecular flexibility index (Phi) is 7.99. The zero-order valence-corrected chi connectivity index (χ0v) is 23.6. The summed E-state index contributed by atoms with van der Waals surface area (Å²) < 4.78 is 0. The number of hydrogen-bond donors (Lipinski definition) is 0. The molecule has 4 aliphatic rings. The van der Waals surface area contributed by atoms with Crippen LogP contribution in [0.1, 0.15) is 88.5 Å². The molecule has 0 radical (unpaired) electrons. The highest BCUT2D eigenvalue weighted by atomic mass is 16.1. The minimum atomic E-state index is 0.272. The number of likely N-dealkylation sites (N-methyl/N-ethyl adjacent to an activating group) is 2. The van der Waals surface area contributed by atoms with E-state index in [2.05, 4.69) is 70.1 Å². The molecule has 2 aliphatic heterocycles. The van der Waals surface area contributed by atoms with Gasteiger partial charge in [-0.15, -0.1) is 0 Å². The maximum absolute atomic E-state index is 14.5. The maximum atomic E-state index is 14.5. The van der Waals surface area contributed by atoms with E-state index >= 15 is 0 Å². The second-order valence-electron chi connectivity index (χ2n) is 12.5. The lowest BCUT2D eigenvalue weighted by Crippen LogP contribution is -2.44. The average Bonchev–Trinajstić information content (AvgIpc) is 2.86. The van der Waals surface area contributed by atoms with Crippen molar-refractivity contribution in [3.05, 3.63) is 69.8 Å². The van der Waals surface area contributed by atoms with Crippen molar-refractivity contribution in [3.8, 4) is 0 Å². The van der Waals surface area contributed by atoms with Gasteiger partial charge in [-0.1, -0.05) is 49.2 Å². The highest BCUT2D eigenvalue weighted by molar-refractivity contribution is 6.11. The number of benzene rings is 2. The highest BCUT2D eigenvalue weighted by Crippen LogP contribution is 2.43. The van der Waals surface area contributed by atoms with Gasteiger partial charge < -0.3 is 9.80 Å². The average molecular weight is 515 g/mol. The van der Waals surface area contributed by atoms with Crippen LogP contribution < -0.4 is 0 Å². The van der Waals surface area contributed by atoms with E-state index in [0.717, 1.165) is 76.6 Å². The van der Waals surface area contributed by atoms with Crippen molar-refractivity contribution in [2.75, 3.05) is 66.5 Å². The molecular formula is C33H46N4O. The summed E-state index contributed by atoms with van der Waals surface area (Å²) in [4.78, 5) is 24.5. The van der Waals surface area contributed by atoms with Crippen LogP contribution in [0, 0.1) is 0 Å². The molecule has 5 nitrogen and oxygen atoms in total. The summed E-state index contributed by atoms with van der Waals surface area (Å²) in [6, 6.07) is 13.2. The van der Waals surface area contributed by atoms with Gasteiger partial charge in [0.15, 0.2) is 5.78 Å². The van der Waals surface area contributed by atoms with Gasteiger partial charge in [-0.25, -0.2) is 0 Å². The Balaban J connectivity index is 1.32. The normalized spacial score (nSPS) is 22.8. The minimum absolute atomic E-state index is 0.272. The van der Waals surface area contributed by atoms with Gasteiger partial charge in [0.25, 0.3) is 0 Å². The van der Waals surface area contributed by atoms with Crippen molar-refractivity contribution in [1.82, 2.24) is 19.6 Å². The molecule has 0 atom stereocenters. The Labute approximate surface area is 229 Å². The van der Waals surface area contributed by atoms with Gasteiger partial charge in [-0.3, -0.25) is 14.6 Å².